The number of hydrogen-bond donors (Lipinski definition) is 1. The SMILES string of the molecule is Cl.Cl.NC1C2CCC(C2)C1C(=O)N1CCN(c2ccccc2Cl)CC1. The van der Waals surface area contributed by atoms with Crippen LogP contribution in [-0.4, -0.2) is 43.0 Å². The van der Waals surface area contributed by atoms with Gasteiger partial charge in [0.2, 0.25) is 5.91 Å². The van der Waals surface area contributed by atoms with E-state index in [1.54, 1.807) is 0 Å². The molecular weight excluding hydrogens is 381 g/mol. The summed E-state index contributed by atoms with van der Waals surface area (Å²) in [5.41, 5.74) is 7.40. The predicted molar refractivity (Wildman–Crippen MR) is 107 cm³/mol. The molecule has 1 aromatic carbocycles. The molecule has 2 aliphatic carbocycles. The largest absolute Gasteiger partial charge is 0.367 e. The number of carbonyl (C=O) groups excluding carboxylic acids is 1. The van der Waals surface area contributed by atoms with Crippen LogP contribution in [0.4, 0.5) is 5.69 Å². The van der Waals surface area contributed by atoms with Crippen LogP contribution in [0.15, 0.2) is 24.3 Å². The average Bonchev–Trinajstić information content (AvgIpc) is 3.16. The molecule has 0 radical (unpaired) electrons. The Morgan fingerprint density at radius 1 is 1.04 bits per heavy atom. The third-order valence-electron chi connectivity index (χ3n) is 6.05. The Morgan fingerprint density at radius 3 is 2.28 bits per heavy atom. The van der Waals surface area contributed by atoms with Crippen molar-refractivity contribution < 1.29 is 4.79 Å². The molecule has 3 fully saturated rings. The van der Waals surface area contributed by atoms with Crippen molar-refractivity contribution >= 4 is 48.0 Å². The van der Waals surface area contributed by atoms with Crippen LogP contribution in [0.3, 0.4) is 0 Å². The lowest BCUT2D eigenvalue weighted by Crippen LogP contribution is -2.54. The second-order valence-electron chi connectivity index (χ2n) is 7.20. The monoisotopic (exact) mass is 405 g/mol. The Balaban J connectivity index is 0.00000113. The van der Waals surface area contributed by atoms with Crippen molar-refractivity contribution in [1.82, 2.24) is 4.90 Å². The third-order valence-corrected chi connectivity index (χ3v) is 6.37. The van der Waals surface area contributed by atoms with E-state index < -0.39 is 0 Å². The molecule has 1 saturated heterocycles. The molecule has 1 aromatic rings. The molecule has 2 bridgehead atoms. The van der Waals surface area contributed by atoms with E-state index in [1.807, 2.05) is 29.2 Å². The van der Waals surface area contributed by atoms with Gasteiger partial charge < -0.3 is 15.5 Å². The standard InChI is InChI=1S/C18H24ClN3O.2ClH/c19-14-3-1-2-4-15(14)21-7-9-22(10-8-21)18(23)16-12-5-6-13(11-12)17(16)20;;/h1-4,12-13,16-17H,5-11,20H2;2*1H. The van der Waals surface area contributed by atoms with Gasteiger partial charge in [-0.25, -0.2) is 0 Å². The minimum atomic E-state index is 0. The fraction of sp³-hybridized carbons (Fsp3) is 0.611. The van der Waals surface area contributed by atoms with Crippen LogP contribution >= 0.6 is 36.4 Å². The minimum absolute atomic E-state index is 0. The molecule has 4 nitrogen and oxygen atoms in total. The molecular formula is C18H26Cl3N3O. The highest BCUT2D eigenvalue weighted by Crippen LogP contribution is 2.48. The number of halogens is 3. The minimum Gasteiger partial charge on any atom is -0.367 e. The molecule has 4 unspecified atom stereocenters. The topological polar surface area (TPSA) is 49.6 Å². The molecule has 0 spiro atoms. The second-order valence-corrected chi connectivity index (χ2v) is 7.61. The Hall–Kier alpha value is -0.680. The molecule has 2 N–H and O–H groups in total. The van der Waals surface area contributed by atoms with Gasteiger partial charge in [-0.15, -0.1) is 24.8 Å². The maximum absolute atomic E-state index is 12.9. The average molecular weight is 407 g/mol. The van der Waals surface area contributed by atoms with Crippen molar-refractivity contribution in [2.75, 3.05) is 31.1 Å². The maximum atomic E-state index is 12.9. The van der Waals surface area contributed by atoms with E-state index in [4.69, 9.17) is 17.3 Å². The van der Waals surface area contributed by atoms with E-state index >= 15 is 0 Å². The van der Waals surface area contributed by atoms with Gasteiger partial charge in [-0.1, -0.05) is 23.7 Å². The highest BCUT2D eigenvalue weighted by Gasteiger charge is 2.50. The zero-order chi connectivity index (χ0) is 16.0. The third kappa shape index (κ3) is 3.73. The highest BCUT2D eigenvalue weighted by molar-refractivity contribution is 6.33. The first-order chi connectivity index (χ1) is 11.1. The van der Waals surface area contributed by atoms with Gasteiger partial charge in [0.05, 0.1) is 16.6 Å². The van der Waals surface area contributed by atoms with Crippen LogP contribution in [0.25, 0.3) is 0 Å². The normalized spacial score (nSPS) is 30.6. The molecule has 25 heavy (non-hydrogen) atoms. The van der Waals surface area contributed by atoms with Crippen LogP contribution < -0.4 is 10.6 Å². The first kappa shape index (κ1) is 20.6. The first-order valence-corrected chi connectivity index (χ1v) is 9.07. The zero-order valence-electron chi connectivity index (χ0n) is 14.1. The van der Waals surface area contributed by atoms with Gasteiger partial charge in [0.25, 0.3) is 0 Å². The lowest BCUT2D eigenvalue weighted by molar-refractivity contribution is -0.138. The van der Waals surface area contributed by atoms with E-state index in [1.165, 1.54) is 12.8 Å². The summed E-state index contributed by atoms with van der Waals surface area (Å²) in [5.74, 6) is 1.48. The van der Waals surface area contributed by atoms with Crippen molar-refractivity contribution in [3.05, 3.63) is 29.3 Å². The number of amides is 1. The van der Waals surface area contributed by atoms with Crippen LogP contribution in [0.1, 0.15) is 19.3 Å². The van der Waals surface area contributed by atoms with Crippen molar-refractivity contribution in [3.8, 4) is 0 Å². The molecule has 7 heteroatoms. The summed E-state index contributed by atoms with van der Waals surface area (Å²) in [6.45, 7) is 3.21. The maximum Gasteiger partial charge on any atom is 0.227 e. The zero-order valence-corrected chi connectivity index (χ0v) is 16.5. The van der Waals surface area contributed by atoms with Crippen molar-refractivity contribution in [2.45, 2.75) is 25.3 Å². The molecule has 0 aromatic heterocycles. The number of carbonyl (C=O) groups is 1. The lowest BCUT2D eigenvalue weighted by Gasteiger charge is -2.39. The molecule has 1 heterocycles. The molecule has 4 atom stereocenters. The van der Waals surface area contributed by atoms with Crippen LogP contribution in [0.2, 0.25) is 5.02 Å². The molecule has 3 aliphatic rings. The molecule has 140 valence electrons. The summed E-state index contributed by atoms with van der Waals surface area (Å²) in [7, 11) is 0. The summed E-state index contributed by atoms with van der Waals surface area (Å²) >= 11 is 6.28. The van der Waals surface area contributed by atoms with Crippen LogP contribution in [0, 0.1) is 17.8 Å². The number of nitrogens with zero attached hydrogens (tertiary/aromatic N) is 2. The van der Waals surface area contributed by atoms with E-state index in [0.29, 0.717) is 17.7 Å². The summed E-state index contributed by atoms with van der Waals surface area (Å²) in [4.78, 5) is 17.2. The Kier molecular flexibility index (Phi) is 6.88. The Labute approximate surface area is 166 Å². The predicted octanol–water partition coefficient (Wildman–Crippen LogP) is 3.21. The summed E-state index contributed by atoms with van der Waals surface area (Å²) in [6.07, 6.45) is 3.57. The summed E-state index contributed by atoms with van der Waals surface area (Å²) in [5, 5.41) is 0.780. The number of piperazine rings is 1. The number of rotatable bonds is 2. The molecule has 4 rings (SSSR count). The van der Waals surface area contributed by atoms with Gasteiger partial charge in [-0.05, 0) is 43.2 Å². The lowest BCUT2D eigenvalue weighted by atomic mass is 9.84. The number of para-hydroxylation sites is 1. The Morgan fingerprint density at radius 2 is 1.68 bits per heavy atom. The van der Waals surface area contributed by atoms with Crippen LogP contribution in [0.5, 0.6) is 0 Å². The van der Waals surface area contributed by atoms with Gasteiger partial charge in [-0.3, -0.25) is 4.79 Å². The van der Waals surface area contributed by atoms with Crippen molar-refractivity contribution in [3.63, 3.8) is 0 Å². The number of nitrogens with two attached hydrogens (primary N) is 1. The Bertz CT molecular complexity index is 605. The highest BCUT2D eigenvalue weighted by atomic mass is 35.5. The summed E-state index contributed by atoms with van der Waals surface area (Å²) < 4.78 is 0. The summed E-state index contributed by atoms with van der Waals surface area (Å²) in [6, 6.07) is 8.01. The van der Waals surface area contributed by atoms with Gasteiger partial charge in [0.1, 0.15) is 0 Å². The number of hydrogen-bond acceptors (Lipinski definition) is 3. The van der Waals surface area contributed by atoms with Gasteiger partial charge >= 0.3 is 0 Å². The molecule has 2 saturated carbocycles. The van der Waals surface area contributed by atoms with E-state index in [-0.39, 0.29) is 36.8 Å². The fourth-order valence-corrected chi connectivity index (χ4v) is 5.04. The van der Waals surface area contributed by atoms with E-state index in [2.05, 4.69) is 4.90 Å². The van der Waals surface area contributed by atoms with E-state index in [0.717, 1.165) is 43.3 Å². The first-order valence-electron chi connectivity index (χ1n) is 8.69. The van der Waals surface area contributed by atoms with Crippen LogP contribution in [-0.2, 0) is 4.79 Å². The van der Waals surface area contributed by atoms with Crippen molar-refractivity contribution in [1.29, 1.82) is 0 Å². The fourth-order valence-electron chi connectivity index (χ4n) is 4.79. The second kappa shape index (κ2) is 8.34. The van der Waals surface area contributed by atoms with Crippen molar-refractivity contribution in [2.24, 2.45) is 23.5 Å². The smallest absolute Gasteiger partial charge is 0.227 e. The van der Waals surface area contributed by atoms with Gasteiger partial charge in [0, 0.05) is 32.2 Å². The number of benzene rings is 1. The quantitative estimate of drug-likeness (QED) is 0.820. The number of fused-ring (bicyclic) bond motifs is 2. The van der Waals surface area contributed by atoms with E-state index in [9.17, 15) is 4.79 Å². The molecule has 1 amide bonds. The van der Waals surface area contributed by atoms with Gasteiger partial charge in [0.15, 0.2) is 0 Å². The molecule has 1 aliphatic heterocycles. The number of anilines is 1. The van der Waals surface area contributed by atoms with Gasteiger partial charge in [-0.2, -0.15) is 0 Å².